The summed E-state index contributed by atoms with van der Waals surface area (Å²) in [4.78, 5) is 26.1. The van der Waals surface area contributed by atoms with Crippen LogP contribution in [-0.2, 0) is 16.0 Å². The minimum absolute atomic E-state index is 0.199. The molecule has 0 radical (unpaired) electrons. The standard InChI is InChI=1S/C18H26N2O3/c1-14(20-11-7-2-3-8-12-20)17(21)19-16(18(22)23)13-15-9-5-4-6-10-15/h4-6,9-10,14,16H,2-3,7-8,11-13H2,1H3,(H,19,21)(H,22,23)/t14?,16-/m0/s1. The van der Waals surface area contributed by atoms with Crippen LogP contribution in [0.3, 0.4) is 0 Å². The first-order chi connectivity index (χ1) is 11.1. The van der Waals surface area contributed by atoms with Crippen molar-refractivity contribution in [3.63, 3.8) is 0 Å². The fourth-order valence-corrected chi connectivity index (χ4v) is 2.99. The SMILES string of the molecule is CC(C(=O)N[C@@H](Cc1ccccc1)C(=O)O)N1CCCCCC1. The average Bonchev–Trinajstić information content (AvgIpc) is 2.83. The first kappa shape index (κ1) is 17.5. The van der Waals surface area contributed by atoms with E-state index in [4.69, 9.17) is 0 Å². The molecule has 23 heavy (non-hydrogen) atoms. The van der Waals surface area contributed by atoms with Crippen LogP contribution in [0.1, 0.15) is 38.2 Å². The van der Waals surface area contributed by atoms with Gasteiger partial charge in [-0.2, -0.15) is 0 Å². The summed E-state index contributed by atoms with van der Waals surface area (Å²) in [5, 5.41) is 12.1. The number of nitrogens with zero attached hydrogens (tertiary/aromatic N) is 1. The van der Waals surface area contributed by atoms with Gasteiger partial charge in [-0.3, -0.25) is 9.69 Å². The highest BCUT2D eigenvalue weighted by Crippen LogP contribution is 2.13. The van der Waals surface area contributed by atoms with Gasteiger partial charge in [0.05, 0.1) is 6.04 Å². The number of hydrogen-bond acceptors (Lipinski definition) is 3. The zero-order valence-corrected chi connectivity index (χ0v) is 13.7. The van der Waals surface area contributed by atoms with Gasteiger partial charge in [0, 0.05) is 6.42 Å². The summed E-state index contributed by atoms with van der Waals surface area (Å²) in [7, 11) is 0. The minimum atomic E-state index is -0.995. The molecule has 5 heteroatoms. The van der Waals surface area contributed by atoms with E-state index in [1.807, 2.05) is 37.3 Å². The van der Waals surface area contributed by atoms with Gasteiger partial charge in [0.2, 0.25) is 5.91 Å². The van der Waals surface area contributed by atoms with Gasteiger partial charge in [0.1, 0.15) is 6.04 Å². The highest BCUT2D eigenvalue weighted by molar-refractivity contribution is 5.86. The molecule has 0 bridgehead atoms. The molecule has 1 amide bonds. The van der Waals surface area contributed by atoms with Crippen molar-refractivity contribution in [1.82, 2.24) is 10.2 Å². The van der Waals surface area contributed by atoms with Gasteiger partial charge in [-0.15, -0.1) is 0 Å². The van der Waals surface area contributed by atoms with Gasteiger partial charge in [0.15, 0.2) is 0 Å². The van der Waals surface area contributed by atoms with Crippen molar-refractivity contribution in [3.8, 4) is 0 Å². The highest BCUT2D eigenvalue weighted by Gasteiger charge is 2.26. The topological polar surface area (TPSA) is 69.6 Å². The van der Waals surface area contributed by atoms with E-state index in [9.17, 15) is 14.7 Å². The number of likely N-dealkylation sites (tertiary alicyclic amines) is 1. The molecule has 2 atom stereocenters. The lowest BCUT2D eigenvalue weighted by molar-refractivity contribution is -0.142. The van der Waals surface area contributed by atoms with Crippen LogP contribution in [0.15, 0.2) is 30.3 Å². The molecule has 1 saturated heterocycles. The molecule has 1 heterocycles. The molecule has 2 N–H and O–H groups in total. The Kier molecular flexibility index (Phi) is 6.59. The number of rotatable bonds is 6. The number of carboxylic acids is 1. The minimum Gasteiger partial charge on any atom is -0.480 e. The molecule has 126 valence electrons. The lowest BCUT2D eigenvalue weighted by Crippen LogP contribution is -2.51. The molecule has 1 aliphatic heterocycles. The summed E-state index contributed by atoms with van der Waals surface area (Å²) >= 11 is 0. The lowest BCUT2D eigenvalue weighted by Gasteiger charge is -2.27. The third-order valence-corrected chi connectivity index (χ3v) is 4.47. The molecule has 0 saturated carbocycles. The number of aliphatic carboxylic acids is 1. The lowest BCUT2D eigenvalue weighted by atomic mass is 10.1. The second-order valence-corrected chi connectivity index (χ2v) is 6.22. The molecular weight excluding hydrogens is 292 g/mol. The van der Waals surface area contributed by atoms with Gasteiger partial charge in [-0.25, -0.2) is 4.79 Å². The summed E-state index contributed by atoms with van der Waals surface area (Å²) < 4.78 is 0. The Morgan fingerprint density at radius 2 is 1.74 bits per heavy atom. The van der Waals surface area contributed by atoms with Gasteiger partial charge in [-0.05, 0) is 38.4 Å². The maximum absolute atomic E-state index is 12.4. The highest BCUT2D eigenvalue weighted by atomic mass is 16.4. The molecular formula is C18H26N2O3. The Bertz CT molecular complexity index is 510. The molecule has 0 aromatic heterocycles. The molecule has 1 aromatic carbocycles. The molecule has 1 fully saturated rings. The predicted octanol–water partition coefficient (Wildman–Crippen LogP) is 2.06. The van der Waals surface area contributed by atoms with E-state index in [0.29, 0.717) is 6.42 Å². The van der Waals surface area contributed by atoms with Crippen LogP contribution in [-0.4, -0.2) is 47.1 Å². The third kappa shape index (κ3) is 5.36. The number of carboxylic acid groups (broad SMARTS) is 1. The van der Waals surface area contributed by atoms with Crippen molar-refractivity contribution < 1.29 is 14.7 Å². The molecule has 0 aliphatic carbocycles. The largest absolute Gasteiger partial charge is 0.480 e. The predicted molar refractivity (Wildman–Crippen MR) is 89.2 cm³/mol. The fraction of sp³-hybridized carbons (Fsp3) is 0.556. The van der Waals surface area contributed by atoms with Crippen LogP contribution >= 0.6 is 0 Å². The molecule has 1 aromatic rings. The third-order valence-electron chi connectivity index (χ3n) is 4.47. The van der Waals surface area contributed by atoms with E-state index in [0.717, 1.165) is 31.5 Å². The van der Waals surface area contributed by atoms with Crippen molar-refractivity contribution in [2.24, 2.45) is 0 Å². The molecule has 2 rings (SSSR count). The van der Waals surface area contributed by atoms with E-state index in [2.05, 4.69) is 10.2 Å². The van der Waals surface area contributed by atoms with E-state index in [1.165, 1.54) is 12.8 Å². The Morgan fingerprint density at radius 1 is 1.13 bits per heavy atom. The van der Waals surface area contributed by atoms with Crippen LogP contribution in [0.2, 0.25) is 0 Å². The van der Waals surface area contributed by atoms with Crippen LogP contribution in [0.4, 0.5) is 0 Å². The van der Waals surface area contributed by atoms with Crippen LogP contribution < -0.4 is 5.32 Å². The fourth-order valence-electron chi connectivity index (χ4n) is 2.99. The van der Waals surface area contributed by atoms with E-state index in [1.54, 1.807) is 0 Å². The Hall–Kier alpha value is -1.88. The van der Waals surface area contributed by atoms with Crippen molar-refractivity contribution >= 4 is 11.9 Å². The molecule has 1 unspecified atom stereocenters. The Morgan fingerprint density at radius 3 is 2.30 bits per heavy atom. The second-order valence-electron chi connectivity index (χ2n) is 6.22. The summed E-state index contributed by atoms with van der Waals surface area (Å²) in [6, 6.07) is 8.20. The van der Waals surface area contributed by atoms with E-state index >= 15 is 0 Å². The second kappa shape index (κ2) is 8.67. The van der Waals surface area contributed by atoms with Gasteiger partial charge < -0.3 is 10.4 Å². The van der Waals surface area contributed by atoms with Crippen molar-refractivity contribution in [2.45, 2.75) is 51.1 Å². The van der Waals surface area contributed by atoms with Crippen LogP contribution in [0.25, 0.3) is 0 Å². The average molecular weight is 318 g/mol. The van der Waals surface area contributed by atoms with Crippen LogP contribution in [0, 0.1) is 0 Å². The maximum atomic E-state index is 12.4. The van der Waals surface area contributed by atoms with Crippen molar-refractivity contribution in [1.29, 1.82) is 0 Å². The van der Waals surface area contributed by atoms with Crippen molar-refractivity contribution in [3.05, 3.63) is 35.9 Å². The summed E-state index contributed by atoms with van der Waals surface area (Å²) in [6.07, 6.45) is 4.91. The zero-order valence-electron chi connectivity index (χ0n) is 13.7. The smallest absolute Gasteiger partial charge is 0.326 e. The first-order valence-corrected chi connectivity index (χ1v) is 8.39. The number of carbonyl (C=O) groups is 2. The quantitative estimate of drug-likeness (QED) is 0.842. The number of hydrogen-bond donors (Lipinski definition) is 2. The summed E-state index contributed by atoms with van der Waals surface area (Å²) in [6.45, 7) is 3.68. The normalized spacial score (nSPS) is 18.7. The van der Waals surface area contributed by atoms with Gasteiger partial charge >= 0.3 is 5.97 Å². The molecule has 5 nitrogen and oxygen atoms in total. The number of nitrogens with one attached hydrogen (secondary N) is 1. The summed E-state index contributed by atoms with van der Waals surface area (Å²) in [5.41, 5.74) is 0.905. The molecule has 0 spiro atoms. The van der Waals surface area contributed by atoms with Crippen LogP contribution in [0.5, 0.6) is 0 Å². The van der Waals surface area contributed by atoms with E-state index < -0.39 is 12.0 Å². The zero-order chi connectivity index (χ0) is 16.7. The van der Waals surface area contributed by atoms with Gasteiger partial charge in [-0.1, -0.05) is 43.2 Å². The van der Waals surface area contributed by atoms with E-state index in [-0.39, 0.29) is 11.9 Å². The monoisotopic (exact) mass is 318 g/mol. The van der Waals surface area contributed by atoms with Gasteiger partial charge in [0.25, 0.3) is 0 Å². The molecule has 1 aliphatic rings. The number of amides is 1. The first-order valence-electron chi connectivity index (χ1n) is 8.39. The number of benzene rings is 1. The van der Waals surface area contributed by atoms with Crippen molar-refractivity contribution in [2.75, 3.05) is 13.1 Å². The maximum Gasteiger partial charge on any atom is 0.326 e. The summed E-state index contributed by atoms with van der Waals surface area (Å²) in [5.74, 6) is -1.19. The Labute approximate surface area is 137 Å². The number of carbonyl (C=O) groups excluding carboxylic acids is 1. The Balaban J connectivity index is 1.95.